The summed E-state index contributed by atoms with van der Waals surface area (Å²) in [6.07, 6.45) is 5.76. The van der Waals surface area contributed by atoms with Crippen LogP contribution in [0.3, 0.4) is 0 Å². The molecule has 3 nitrogen and oxygen atoms in total. The number of hydrogen-bond donors (Lipinski definition) is 2. The Morgan fingerprint density at radius 3 is 2.60 bits per heavy atom. The SMILES string of the molecule is CCCCC(CCC)NCC(=O)Nc1ccccc1Cl. The smallest absolute Gasteiger partial charge is 0.238 e. The van der Waals surface area contributed by atoms with Crippen molar-refractivity contribution >= 4 is 23.2 Å². The van der Waals surface area contributed by atoms with Crippen LogP contribution in [-0.2, 0) is 4.79 Å². The average molecular weight is 297 g/mol. The molecule has 0 aromatic heterocycles. The van der Waals surface area contributed by atoms with Crippen LogP contribution >= 0.6 is 11.6 Å². The Morgan fingerprint density at radius 2 is 1.95 bits per heavy atom. The van der Waals surface area contributed by atoms with Crippen LogP contribution in [0.25, 0.3) is 0 Å². The predicted molar refractivity (Wildman–Crippen MR) is 86.3 cm³/mol. The lowest BCUT2D eigenvalue weighted by Crippen LogP contribution is -2.36. The molecule has 2 N–H and O–H groups in total. The molecule has 1 aromatic carbocycles. The van der Waals surface area contributed by atoms with Crippen LogP contribution in [0, 0.1) is 0 Å². The second kappa shape index (κ2) is 9.78. The second-order valence-corrected chi connectivity index (χ2v) is 5.44. The second-order valence-electron chi connectivity index (χ2n) is 5.04. The lowest BCUT2D eigenvalue weighted by Gasteiger charge is -2.17. The van der Waals surface area contributed by atoms with Gasteiger partial charge in [0, 0.05) is 6.04 Å². The number of hydrogen-bond acceptors (Lipinski definition) is 2. The van der Waals surface area contributed by atoms with Crippen LogP contribution in [0.2, 0.25) is 5.02 Å². The van der Waals surface area contributed by atoms with Gasteiger partial charge in [-0.15, -0.1) is 0 Å². The highest BCUT2D eigenvalue weighted by Crippen LogP contribution is 2.20. The van der Waals surface area contributed by atoms with E-state index in [2.05, 4.69) is 24.5 Å². The molecule has 0 radical (unpaired) electrons. The minimum atomic E-state index is -0.0456. The molecule has 1 rings (SSSR count). The van der Waals surface area contributed by atoms with Gasteiger partial charge in [0.05, 0.1) is 17.3 Å². The number of carbonyl (C=O) groups is 1. The summed E-state index contributed by atoms with van der Waals surface area (Å²) in [5.41, 5.74) is 0.668. The maximum absolute atomic E-state index is 11.9. The number of halogens is 1. The lowest BCUT2D eigenvalue weighted by molar-refractivity contribution is -0.115. The molecule has 0 aliphatic carbocycles. The van der Waals surface area contributed by atoms with Gasteiger partial charge in [-0.2, -0.15) is 0 Å². The number of nitrogens with one attached hydrogen (secondary N) is 2. The zero-order valence-corrected chi connectivity index (χ0v) is 13.2. The molecule has 0 heterocycles. The summed E-state index contributed by atoms with van der Waals surface area (Å²) in [5.74, 6) is -0.0456. The first-order valence-electron chi connectivity index (χ1n) is 7.45. The number of rotatable bonds is 9. The molecule has 0 aliphatic rings. The predicted octanol–water partition coefficient (Wildman–Crippen LogP) is 4.23. The van der Waals surface area contributed by atoms with E-state index in [4.69, 9.17) is 11.6 Å². The number of para-hydroxylation sites is 1. The van der Waals surface area contributed by atoms with Gasteiger partial charge in [-0.3, -0.25) is 4.79 Å². The fourth-order valence-electron chi connectivity index (χ4n) is 2.14. The Labute approximate surface area is 127 Å². The zero-order valence-electron chi connectivity index (χ0n) is 12.4. The molecule has 1 unspecified atom stereocenters. The van der Waals surface area contributed by atoms with Gasteiger partial charge < -0.3 is 10.6 Å². The molecule has 0 bridgehead atoms. The van der Waals surface area contributed by atoms with Crippen molar-refractivity contribution in [2.45, 2.75) is 52.0 Å². The van der Waals surface area contributed by atoms with Gasteiger partial charge >= 0.3 is 0 Å². The molecule has 1 amide bonds. The monoisotopic (exact) mass is 296 g/mol. The number of amides is 1. The fraction of sp³-hybridized carbons (Fsp3) is 0.562. The van der Waals surface area contributed by atoms with Crippen LogP contribution in [0.5, 0.6) is 0 Å². The summed E-state index contributed by atoms with van der Waals surface area (Å²) < 4.78 is 0. The molecule has 4 heteroatoms. The quantitative estimate of drug-likeness (QED) is 0.716. The molecular formula is C16H25ClN2O. The minimum absolute atomic E-state index is 0.0456. The highest BCUT2D eigenvalue weighted by atomic mass is 35.5. The summed E-state index contributed by atoms with van der Waals surface area (Å²) >= 11 is 6.01. The summed E-state index contributed by atoms with van der Waals surface area (Å²) in [6, 6.07) is 7.71. The van der Waals surface area contributed by atoms with Gasteiger partial charge in [0.25, 0.3) is 0 Å². The van der Waals surface area contributed by atoms with E-state index in [1.54, 1.807) is 12.1 Å². The molecule has 0 aliphatic heterocycles. The van der Waals surface area contributed by atoms with E-state index in [0.29, 0.717) is 23.3 Å². The van der Waals surface area contributed by atoms with Crippen LogP contribution in [0.15, 0.2) is 24.3 Å². The van der Waals surface area contributed by atoms with Crippen LogP contribution in [0.1, 0.15) is 46.0 Å². The first-order valence-corrected chi connectivity index (χ1v) is 7.82. The normalized spacial score (nSPS) is 12.2. The van der Waals surface area contributed by atoms with E-state index in [9.17, 15) is 4.79 Å². The third kappa shape index (κ3) is 6.40. The first kappa shape index (κ1) is 17.0. The maximum atomic E-state index is 11.9. The topological polar surface area (TPSA) is 41.1 Å². The van der Waals surface area contributed by atoms with Crippen molar-refractivity contribution in [2.75, 3.05) is 11.9 Å². The van der Waals surface area contributed by atoms with Crippen molar-refractivity contribution in [1.29, 1.82) is 0 Å². The summed E-state index contributed by atoms with van der Waals surface area (Å²) in [6.45, 7) is 4.69. The lowest BCUT2D eigenvalue weighted by atomic mass is 10.1. The third-order valence-corrected chi connectivity index (χ3v) is 3.57. The summed E-state index contributed by atoms with van der Waals surface area (Å²) in [5, 5.41) is 6.74. The third-order valence-electron chi connectivity index (χ3n) is 3.24. The largest absolute Gasteiger partial charge is 0.324 e. The Bertz CT molecular complexity index is 409. The molecule has 1 atom stereocenters. The Hall–Kier alpha value is -1.06. The van der Waals surface area contributed by atoms with Crippen molar-refractivity contribution in [3.63, 3.8) is 0 Å². The van der Waals surface area contributed by atoms with E-state index in [1.807, 2.05) is 12.1 Å². The molecule has 0 saturated carbocycles. The Kier molecular flexibility index (Phi) is 8.31. The molecule has 0 fully saturated rings. The molecule has 0 spiro atoms. The molecule has 20 heavy (non-hydrogen) atoms. The number of anilines is 1. The number of benzene rings is 1. The van der Waals surface area contributed by atoms with Gasteiger partial charge in [-0.05, 0) is 25.0 Å². The van der Waals surface area contributed by atoms with Crippen LogP contribution < -0.4 is 10.6 Å². The van der Waals surface area contributed by atoms with E-state index in [1.165, 1.54) is 12.8 Å². The molecule has 0 saturated heterocycles. The van der Waals surface area contributed by atoms with Crippen molar-refractivity contribution in [1.82, 2.24) is 5.32 Å². The van der Waals surface area contributed by atoms with Gasteiger partial charge in [-0.25, -0.2) is 0 Å². The molecule has 112 valence electrons. The molecular weight excluding hydrogens is 272 g/mol. The van der Waals surface area contributed by atoms with Gasteiger partial charge in [-0.1, -0.05) is 56.8 Å². The summed E-state index contributed by atoms with van der Waals surface area (Å²) in [7, 11) is 0. The van der Waals surface area contributed by atoms with E-state index >= 15 is 0 Å². The van der Waals surface area contributed by atoms with Crippen molar-refractivity contribution in [3.05, 3.63) is 29.3 Å². The van der Waals surface area contributed by atoms with Crippen molar-refractivity contribution in [3.8, 4) is 0 Å². The fourth-order valence-corrected chi connectivity index (χ4v) is 2.32. The van der Waals surface area contributed by atoms with Crippen molar-refractivity contribution in [2.24, 2.45) is 0 Å². The maximum Gasteiger partial charge on any atom is 0.238 e. The Balaban J connectivity index is 2.39. The van der Waals surface area contributed by atoms with E-state index in [0.717, 1.165) is 19.3 Å². The number of carbonyl (C=O) groups excluding carboxylic acids is 1. The zero-order chi connectivity index (χ0) is 14.8. The van der Waals surface area contributed by atoms with Crippen molar-refractivity contribution < 1.29 is 4.79 Å². The van der Waals surface area contributed by atoms with E-state index in [-0.39, 0.29) is 5.91 Å². The highest BCUT2D eigenvalue weighted by molar-refractivity contribution is 6.33. The average Bonchev–Trinajstić information content (AvgIpc) is 2.44. The van der Waals surface area contributed by atoms with E-state index < -0.39 is 0 Å². The minimum Gasteiger partial charge on any atom is -0.324 e. The van der Waals surface area contributed by atoms with Gasteiger partial charge in [0.2, 0.25) is 5.91 Å². The van der Waals surface area contributed by atoms with Crippen LogP contribution in [0.4, 0.5) is 5.69 Å². The highest BCUT2D eigenvalue weighted by Gasteiger charge is 2.10. The van der Waals surface area contributed by atoms with Crippen LogP contribution in [-0.4, -0.2) is 18.5 Å². The number of unbranched alkanes of at least 4 members (excludes halogenated alkanes) is 1. The van der Waals surface area contributed by atoms with Gasteiger partial charge in [0.1, 0.15) is 0 Å². The molecule has 1 aromatic rings. The first-order chi connectivity index (χ1) is 9.67. The Morgan fingerprint density at radius 1 is 1.20 bits per heavy atom. The standard InChI is InChI=1S/C16H25ClN2O/c1-3-5-9-13(8-4-2)18-12-16(20)19-15-11-7-6-10-14(15)17/h6-7,10-11,13,18H,3-5,8-9,12H2,1-2H3,(H,19,20). The summed E-state index contributed by atoms with van der Waals surface area (Å²) in [4.78, 5) is 11.9. The van der Waals surface area contributed by atoms with Gasteiger partial charge in [0.15, 0.2) is 0 Å².